The second kappa shape index (κ2) is 11.0. The van der Waals surface area contributed by atoms with E-state index in [4.69, 9.17) is 4.74 Å². The molecule has 0 spiro atoms. The van der Waals surface area contributed by atoms with Gasteiger partial charge in [0.2, 0.25) is 0 Å². The number of unbranched alkanes of at least 4 members (excludes halogenated alkanes) is 3. The van der Waals surface area contributed by atoms with Gasteiger partial charge in [-0.25, -0.2) is 4.79 Å². The molecule has 0 saturated carbocycles. The number of benzene rings is 1. The average Bonchev–Trinajstić information content (AvgIpc) is 2.70. The van der Waals surface area contributed by atoms with E-state index >= 15 is 0 Å². The van der Waals surface area contributed by atoms with Crippen LogP contribution in [0.25, 0.3) is 0 Å². The zero-order chi connectivity index (χ0) is 21.4. The van der Waals surface area contributed by atoms with Gasteiger partial charge in [0.05, 0.1) is 0 Å². The van der Waals surface area contributed by atoms with Crippen LogP contribution < -0.4 is 4.74 Å². The van der Waals surface area contributed by atoms with Gasteiger partial charge in [-0.2, -0.15) is 0 Å². The molecular formula is C25H42N2O2. The van der Waals surface area contributed by atoms with E-state index < -0.39 is 0 Å². The molecule has 1 saturated heterocycles. The van der Waals surface area contributed by atoms with Crippen LogP contribution >= 0.6 is 0 Å². The van der Waals surface area contributed by atoms with Crippen molar-refractivity contribution >= 4 is 6.09 Å². The highest BCUT2D eigenvalue weighted by Gasteiger charge is 2.38. The zero-order valence-corrected chi connectivity index (χ0v) is 19.6. The van der Waals surface area contributed by atoms with Crippen LogP contribution in [0.4, 0.5) is 4.79 Å². The minimum atomic E-state index is -0.254. The van der Waals surface area contributed by atoms with E-state index in [0.717, 1.165) is 25.1 Å². The van der Waals surface area contributed by atoms with E-state index in [1.165, 1.54) is 37.8 Å². The van der Waals surface area contributed by atoms with Gasteiger partial charge in [-0.1, -0.05) is 52.2 Å². The Balaban J connectivity index is 2.08. The summed E-state index contributed by atoms with van der Waals surface area (Å²) in [6.07, 6.45) is 6.19. The highest BCUT2D eigenvalue weighted by atomic mass is 16.6. The molecule has 1 amide bonds. The first-order chi connectivity index (χ1) is 13.8. The minimum Gasteiger partial charge on any atom is -0.410 e. The van der Waals surface area contributed by atoms with Crippen LogP contribution in [0, 0.1) is 12.8 Å². The van der Waals surface area contributed by atoms with Gasteiger partial charge >= 0.3 is 6.09 Å². The molecular weight excluding hydrogens is 360 g/mol. The van der Waals surface area contributed by atoms with Crippen LogP contribution in [-0.4, -0.2) is 48.6 Å². The number of nitrogens with zero attached hydrogens (tertiary/aromatic N) is 2. The lowest BCUT2D eigenvalue weighted by Gasteiger charge is -2.45. The Morgan fingerprint density at radius 3 is 2.55 bits per heavy atom. The fraction of sp³-hybridized carbons (Fsp3) is 0.720. The highest BCUT2D eigenvalue weighted by Crippen LogP contribution is 2.41. The predicted octanol–water partition coefficient (Wildman–Crippen LogP) is 6.02. The number of rotatable bonds is 9. The largest absolute Gasteiger partial charge is 0.415 e. The Hall–Kier alpha value is -1.55. The molecule has 0 aromatic heterocycles. The van der Waals surface area contributed by atoms with Crippen LogP contribution in [-0.2, 0) is 5.41 Å². The predicted molar refractivity (Wildman–Crippen MR) is 122 cm³/mol. The van der Waals surface area contributed by atoms with Crippen molar-refractivity contribution in [2.45, 2.75) is 79.1 Å². The number of carbonyl (C=O) groups excluding carboxylic acids is 1. The smallest absolute Gasteiger partial charge is 0.410 e. The SMILES string of the molecule is CCCCCCN1CC[C@](C)(c2ccc(C)c(OC(=O)N(CC)CC)c2)[C@@H](C)C1. The fourth-order valence-corrected chi connectivity index (χ4v) is 4.42. The number of ether oxygens (including phenoxy) is 1. The third-order valence-electron chi connectivity index (χ3n) is 6.96. The number of hydrogen-bond acceptors (Lipinski definition) is 3. The maximum Gasteiger partial charge on any atom is 0.415 e. The second-order valence-corrected chi connectivity index (χ2v) is 8.95. The molecule has 1 fully saturated rings. The van der Waals surface area contributed by atoms with Gasteiger partial charge in [-0.05, 0) is 75.2 Å². The molecule has 0 aliphatic carbocycles. The van der Waals surface area contributed by atoms with Crippen molar-refractivity contribution in [2.75, 3.05) is 32.7 Å². The summed E-state index contributed by atoms with van der Waals surface area (Å²) in [6.45, 7) is 17.8. The van der Waals surface area contributed by atoms with Crippen molar-refractivity contribution in [3.63, 3.8) is 0 Å². The number of piperidine rings is 1. The molecule has 2 rings (SSSR count). The molecule has 2 atom stereocenters. The fourth-order valence-electron chi connectivity index (χ4n) is 4.42. The van der Waals surface area contributed by atoms with Crippen molar-refractivity contribution in [1.29, 1.82) is 0 Å². The highest BCUT2D eigenvalue weighted by molar-refractivity contribution is 5.71. The van der Waals surface area contributed by atoms with Crippen LogP contribution in [0.5, 0.6) is 5.75 Å². The number of amides is 1. The van der Waals surface area contributed by atoms with E-state index in [1.807, 2.05) is 20.8 Å². The number of carbonyl (C=O) groups is 1. The molecule has 1 aliphatic rings. The van der Waals surface area contributed by atoms with E-state index in [1.54, 1.807) is 4.90 Å². The van der Waals surface area contributed by atoms with Crippen LogP contribution in [0.2, 0.25) is 0 Å². The first-order valence-corrected chi connectivity index (χ1v) is 11.7. The molecule has 0 unspecified atom stereocenters. The molecule has 4 nitrogen and oxygen atoms in total. The maximum absolute atomic E-state index is 12.4. The normalized spacial score (nSPS) is 22.5. The quantitative estimate of drug-likeness (QED) is 0.474. The van der Waals surface area contributed by atoms with Gasteiger partial charge in [-0.15, -0.1) is 0 Å². The maximum atomic E-state index is 12.4. The molecule has 1 aromatic carbocycles. The van der Waals surface area contributed by atoms with E-state index in [0.29, 0.717) is 24.8 Å². The van der Waals surface area contributed by atoms with Gasteiger partial charge in [0, 0.05) is 19.6 Å². The summed E-state index contributed by atoms with van der Waals surface area (Å²) in [5.41, 5.74) is 2.42. The minimum absolute atomic E-state index is 0.115. The second-order valence-electron chi connectivity index (χ2n) is 8.95. The van der Waals surface area contributed by atoms with Crippen molar-refractivity contribution in [1.82, 2.24) is 9.80 Å². The lowest BCUT2D eigenvalue weighted by atomic mass is 9.68. The molecule has 1 aromatic rings. The summed E-state index contributed by atoms with van der Waals surface area (Å²) in [6, 6.07) is 6.46. The third-order valence-corrected chi connectivity index (χ3v) is 6.96. The Morgan fingerprint density at radius 1 is 1.21 bits per heavy atom. The van der Waals surface area contributed by atoms with Gasteiger partial charge in [0.1, 0.15) is 5.75 Å². The van der Waals surface area contributed by atoms with E-state index in [2.05, 4.69) is 43.9 Å². The van der Waals surface area contributed by atoms with Crippen molar-refractivity contribution in [3.8, 4) is 5.75 Å². The van der Waals surface area contributed by atoms with Crippen LogP contribution in [0.15, 0.2) is 18.2 Å². The van der Waals surface area contributed by atoms with Crippen molar-refractivity contribution < 1.29 is 9.53 Å². The summed E-state index contributed by atoms with van der Waals surface area (Å²) in [5, 5.41) is 0. The molecule has 0 radical (unpaired) electrons. The van der Waals surface area contributed by atoms with Crippen LogP contribution in [0.3, 0.4) is 0 Å². The first-order valence-electron chi connectivity index (χ1n) is 11.7. The molecule has 29 heavy (non-hydrogen) atoms. The summed E-state index contributed by atoms with van der Waals surface area (Å²) in [7, 11) is 0. The Labute approximate surface area is 178 Å². The lowest BCUT2D eigenvalue weighted by molar-refractivity contribution is 0.109. The number of likely N-dealkylation sites (tertiary alicyclic amines) is 1. The van der Waals surface area contributed by atoms with Crippen molar-refractivity contribution in [3.05, 3.63) is 29.3 Å². The van der Waals surface area contributed by atoms with Gasteiger partial charge in [0.15, 0.2) is 0 Å². The number of aryl methyl sites for hydroxylation is 1. The Kier molecular flexibility index (Phi) is 9.01. The van der Waals surface area contributed by atoms with E-state index in [9.17, 15) is 4.79 Å². The van der Waals surface area contributed by atoms with Crippen LogP contribution in [0.1, 0.15) is 77.8 Å². The zero-order valence-electron chi connectivity index (χ0n) is 19.6. The molecule has 4 heteroatoms. The topological polar surface area (TPSA) is 32.8 Å². The summed E-state index contributed by atoms with van der Waals surface area (Å²) in [4.78, 5) is 16.8. The molecule has 1 heterocycles. The average molecular weight is 403 g/mol. The standard InChI is InChI=1S/C25H42N2O2/c1-7-10-11-12-16-26-17-15-25(6,21(5)19-26)22-14-13-20(4)23(18-22)29-24(28)27(8-2)9-3/h13-14,18,21H,7-12,15-17,19H2,1-6H3/t21-,25-/m0/s1. The lowest BCUT2D eigenvalue weighted by Crippen LogP contribution is -2.47. The number of hydrogen-bond donors (Lipinski definition) is 0. The first kappa shape index (κ1) is 23.7. The third kappa shape index (κ3) is 5.97. The molecule has 164 valence electrons. The molecule has 0 N–H and O–H groups in total. The monoisotopic (exact) mass is 402 g/mol. The summed E-state index contributed by atoms with van der Waals surface area (Å²) < 4.78 is 5.77. The van der Waals surface area contributed by atoms with Gasteiger partial charge < -0.3 is 14.5 Å². The van der Waals surface area contributed by atoms with E-state index in [-0.39, 0.29) is 11.5 Å². The molecule has 0 bridgehead atoms. The Bertz CT molecular complexity index is 656. The van der Waals surface area contributed by atoms with Gasteiger partial charge in [0.25, 0.3) is 0 Å². The summed E-state index contributed by atoms with van der Waals surface area (Å²) in [5.74, 6) is 1.27. The molecule has 1 aliphatic heterocycles. The Morgan fingerprint density at radius 2 is 1.93 bits per heavy atom. The van der Waals surface area contributed by atoms with Crippen molar-refractivity contribution in [2.24, 2.45) is 5.92 Å². The summed E-state index contributed by atoms with van der Waals surface area (Å²) >= 11 is 0. The van der Waals surface area contributed by atoms with Gasteiger partial charge in [-0.3, -0.25) is 0 Å².